The van der Waals surface area contributed by atoms with Crippen LogP contribution in [0.4, 0.5) is 0 Å². The van der Waals surface area contributed by atoms with Gasteiger partial charge in [0.1, 0.15) is 6.07 Å². The van der Waals surface area contributed by atoms with E-state index in [1.165, 1.54) is 25.7 Å². The largest absolute Gasteiger partial charge is 0.263 e. The molecule has 0 aromatic carbocycles. The number of thioether (sulfide) groups is 1. The Hall–Kier alpha value is -1.01. The van der Waals surface area contributed by atoms with Crippen LogP contribution in [-0.4, -0.2) is 10.7 Å². The Morgan fingerprint density at radius 3 is 3.00 bits per heavy atom. The number of nitrogens with zero attached hydrogens (tertiary/aromatic N) is 2. The van der Waals surface area contributed by atoms with E-state index in [9.17, 15) is 0 Å². The summed E-state index contributed by atoms with van der Waals surface area (Å²) < 4.78 is 0. The van der Waals surface area contributed by atoms with Gasteiger partial charge in [0, 0.05) is 17.3 Å². The van der Waals surface area contributed by atoms with Crippen LogP contribution in [0, 0.1) is 11.3 Å². The van der Waals surface area contributed by atoms with Gasteiger partial charge in [0.2, 0.25) is 0 Å². The maximum absolute atomic E-state index is 8.87. The van der Waals surface area contributed by atoms with Crippen molar-refractivity contribution < 1.29 is 0 Å². The summed E-state index contributed by atoms with van der Waals surface area (Å²) in [6, 6.07) is 3.96. The normalized spacial score (nSPS) is 9.87. The van der Waals surface area contributed by atoms with Crippen molar-refractivity contribution in [1.82, 2.24) is 4.98 Å². The molecule has 0 aliphatic rings. The van der Waals surface area contributed by atoms with Crippen LogP contribution in [0.2, 0.25) is 0 Å². The Morgan fingerprint density at radius 1 is 1.40 bits per heavy atom. The first-order valence-electron chi connectivity index (χ1n) is 5.35. The maximum atomic E-state index is 8.87. The van der Waals surface area contributed by atoms with Crippen molar-refractivity contribution in [2.75, 3.05) is 5.75 Å². The summed E-state index contributed by atoms with van der Waals surface area (Å²) in [6.07, 6.45) is 8.52. The van der Waals surface area contributed by atoms with E-state index in [4.69, 9.17) is 5.26 Å². The fraction of sp³-hybridized carbons (Fsp3) is 0.500. The van der Waals surface area contributed by atoms with E-state index in [2.05, 4.69) is 18.0 Å². The molecule has 0 N–H and O–H groups in total. The fourth-order valence-corrected chi connectivity index (χ4v) is 2.27. The number of aromatic nitrogens is 1. The Balaban J connectivity index is 2.34. The van der Waals surface area contributed by atoms with Gasteiger partial charge in [0.15, 0.2) is 0 Å². The quantitative estimate of drug-likeness (QED) is 0.542. The molecule has 1 aromatic rings. The van der Waals surface area contributed by atoms with Crippen LogP contribution in [0.3, 0.4) is 0 Å². The molecule has 0 radical (unpaired) electrons. The minimum Gasteiger partial charge on any atom is -0.263 e. The Bertz CT molecular complexity index is 331. The van der Waals surface area contributed by atoms with Crippen LogP contribution >= 0.6 is 11.8 Å². The van der Waals surface area contributed by atoms with Crippen LogP contribution in [-0.2, 0) is 0 Å². The zero-order valence-electron chi connectivity index (χ0n) is 9.07. The summed E-state index contributed by atoms with van der Waals surface area (Å²) in [5.74, 6) is 1.08. The zero-order chi connectivity index (χ0) is 10.9. The highest BCUT2D eigenvalue weighted by Crippen LogP contribution is 2.22. The number of hydrogen-bond donors (Lipinski definition) is 0. The molecular weight excluding hydrogens is 204 g/mol. The van der Waals surface area contributed by atoms with Crippen LogP contribution in [0.15, 0.2) is 23.4 Å². The summed E-state index contributed by atoms with van der Waals surface area (Å²) in [7, 11) is 0. The SMILES string of the molecule is CCCCCCSc1cnccc1C#N. The molecule has 80 valence electrons. The minimum absolute atomic E-state index is 0.741. The summed E-state index contributed by atoms with van der Waals surface area (Å²) in [6.45, 7) is 2.21. The lowest BCUT2D eigenvalue weighted by Gasteiger charge is -2.02. The van der Waals surface area contributed by atoms with E-state index in [0.717, 1.165) is 16.2 Å². The molecule has 15 heavy (non-hydrogen) atoms. The molecule has 0 spiro atoms. The van der Waals surface area contributed by atoms with Crippen LogP contribution in [0.1, 0.15) is 38.2 Å². The summed E-state index contributed by atoms with van der Waals surface area (Å²) in [5, 5.41) is 8.87. The highest BCUT2D eigenvalue weighted by atomic mass is 32.2. The topological polar surface area (TPSA) is 36.7 Å². The van der Waals surface area contributed by atoms with Crippen LogP contribution in [0.25, 0.3) is 0 Å². The average Bonchev–Trinajstić information content (AvgIpc) is 2.29. The summed E-state index contributed by atoms with van der Waals surface area (Å²) in [4.78, 5) is 5.05. The van der Waals surface area contributed by atoms with E-state index >= 15 is 0 Å². The molecule has 0 saturated carbocycles. The molecule has 0 saturated heterocycles. The number of rotatable bonds is 6. The molecule has 0 aliphatic heterocycles. The predicted molar refractivity (Wildman–Crippen MR) is 63.8 cm³/mol. The zero-order valence-corrected chi connectivity index (χ0v) is 9.89. The standard InChI is InChI=1S/C12H16N2S/c1-2-3-4-5-8-15-12-10-14-7-6-11(12)9-13/h6-7,10H,2-5,8H2,1H3. The highest BCUT2D eigenvalue weighted by Gasteiger charge is 2.01. The van der Waals surface area contributed by atoms with E-state index in [-0.39, 0.29) is 0 Å². The van der Waals surface area contributed by atoms with E-state index < -0.39 is 0 Å². The number of hydrogen-bond acceptors (Lipinski definition) is 3. The van der Waals surface area contributed by atoms with Gasteiger partial charge in [-0.25, -0.2) is 0 Å². The van der Waals surface area contributed by atoms with Gasteiger partial charge < -0.3 is 0 Å². The first kappa shape index (κ1) is 12.1. The van der Waals surface area contributed by atoms with Gasteiger partial charge in [0.05, 0.1) is 5.56 Å². The van der Waals surface area contributed by atoms with Gasteiger partial charge in [-0.3, -0.25) is 4.98 Å². The third-order valence-corrected chi connectivity index (χ3v) is 3.29. The Kier molecular flexibility index (Phi) is 5.87. The minimum atomic E-state index is 0.741. The predicted octanol–water partition coefficient (Wildman–Crippen LogP) is 3.63. The monoisotopic (exact) mass is 220 g/mol. The number of nitriles is 1. The van der Waals surface area contributed by atoms with Crippen molar-refractivity contribution in [3.05, 3.63) is 24.0 Å². The summed E-state index contributed by atoms with van der Waals surface area (Å²) >= 11 is 1.74. The molecule has 1 rings (SSSR count). The molecule has 1 aromatic heterocycles. The van der Waals surface area contributed by atoms with Gasteiger partial charge in [-0.2, -0.15) is 5.26 Å². The van der Waals surface area contributed by atoms with Crippen LogP contribution in [0.5, 0.6) is 0 Å². The van der Waals surface area contributed by atoms with Gasteiger partial charge in [-0.15, -0.1) is 11.8 Å². The second-order valence-corrected chi connectivity index (χ2v) is 4.53. The van der Waals surface area contributed by atoms with Crippen molar-refractivity contribution in [2.45, 2.75) is 37.5 Å². The third kappa shape index (κ3) is 4.35. The van der Waals surface area contributed by atoms with E-state index in [0.29, 0.717) is 0 Å². The third-order valence-electron chi connectivity index (χ3n) is 2.16. The second kappa shape index (κ2) is 7.30. The highest BCUT2D eigenvalue weighted by molar-refractivity contribution is 7.99. The van der Waals surface area contributed by atoms with Crippen molar-refractivity contribution in [3.8, 4) is 6.07 Å². The van der Waals surface area contributed by atoms with Crippen molar-refractivity contribution in [2.24, 2.45) is 0 Å². The first-order valence-corrected chi connectivity index (χ1v) is 6.34. The average molecular weight is 220 g/mol. The molecule has 1 heterocycles. The molecule has 0 amide bonds. The molecule has 0 aliphatic carbocycles. The molecule has 2 nitrogen and oxygen atoms in total. The molecule has 0 bridgehead atoms. The molecule has 0 fully saturated rings. The van der Waals surface area contributed by atoms with E-state index in [1.807, 2.05) is 0 Å². The lowest BCUT2D eigenvalue weighted by Crippen LogP contribution is -1.86. The lowest BCUT2D eigenvalue weighted by atomic mass is 10.2. The molecule has 3 heteroatoms. The van der Waals surface area contributed by atoms with Crippen molar-refractivity contribution in [1.29, 1.82) is 5.26 Å². The van der Waals surface area contributed by atoms with Gasteiger partial charge in [0.25, 0.3) is 0 Å². The molecule has 0 atom stereocenters. The Morgan fingerprint density at radius 2 is 2.27 bits per heavy atom. The van der Waals surface area contributed by atoms with Gasteiger partial charge >= 0.3 is 0 Å². The number of unbranched alkanes of at least 4 members (excludes halogenated alkanes) is 3. The van der Waals surface area contributed by atoms with Crippen molar-refractivity contribution in [3.63, 3.8) is 0 Å². The van der Waals surface area contributed by atoms with Gasteiger partial charge in [-0.1, -0.05) is 26.2 Å². The second-order valence-electron chi connectivity index (χ2n) is 3.39. The number of pyridine rings is 1. The van der Waals surface area contributed by atoms with Crippen molar-refractivity contribution >= 4 is 11.8 Å². The Labute approximate surface area is 95.7 Å². The van der Waals surface area contributed by atoms with Crippen LogP contribution < -0.4 is 0 Å². The smallest absolute Gasteiger partial charge is 0.100 e. The van der Waals surface area contributed by atoms with E-state index in [1.54, 1.807) is 30.2 Å². The lowest BCUT2D eigenvalue weighted by molar-refractivity contribution is 0.706. The molecule has 0 unspecified atom stereocenters. The van der Waals surface area contributed by atoms with Gasteiger partial charge in [-0.05, 0) is 18.2 Å². The summed E-state index contributed by atoms with van der Waals surface area (Å²) in [5.41, 5.74) is 0.741. The maximum Gasteiger partial charge on any atom is 0.100 e. The molecular formula is C12H16N2S. The fourth-order valence-electron chi connectivity index (χ4n) is 1.30. The first-order chi connectivity index (χ1) is 7.38.